The predicted molar refractivity (Wildman–Crippen MR) is 184 cm³/mol. The number of hydrogen-bond acceptors (Lipinski definition) is 6. The quantitative estimate of drug-likeness (QED) is 0.174. The molecule has 0 saturated carbocycles. The first-order valence-corrected chi connectivity index (χ1v) is 17.0. The standard InChI is InChI=1S/C37H43N3O6S/c1-6-28(3)38-37(42)34(23-29-15-9-7-10-16-29)39(25-30-17-13-14-27(2)22-30)36(41)26-40(47(43,44)32-18-11-8-12-19-32)33-24-31(45-4)20-21-35(33)46-5/h7-22,24,28,34H,6,23,25-26H2,1-5H3,(H,38,42). The maximum absolute atomic E-state index is 14.7. The Labute approximate surface area is 278 Å². The molecule has 0 saturated heterocycles. The van der Waals surface area contributed by atoms with E-state index in [9.17, 15) is 18.0 Å². The van der Waals surface area contributed by atoms with Crippen molar-refractivity contribution in [1.29, 1.82) is 0 Å². The first kappa shape index (κ1) is 35.0. The molecule has 0 radical (unpaired) electrons. The second kappa shape index (κ2) is 16.1. The van der Waals surface area contributed by atoms with E-state index in [1.807, 2.05) is 75.4 Å². The van der Waals surface area contributed by atoms with E-state index in [2.05, 4.69) is 5.32 Å². The minimum absolute atomic E-state index is 0.00161. The van der Waals surface area contributed by atoms with Gasteiger partial charge >= 0.3 is 0 Å². The maximum atomic E-state index is 14.7. The first-order chi connectivity index (χ1) is 22.6. The second-order valence-electron chi connectivity index (χ2n) is 11.4. The molecule has 0 bridgehead atoms. The highest BCUT2D eigenvalue weighted by Crippen LogP contribution is 2.36. The second-order valence-corrected chi connectivity index (χ2v) is 13.3. The van der Waals surface area contributed by atoms with Gasteiger partial charge in [-0.2, -0.15) is 0 Å². The van der Waals surface area contributed by atoms with E-state index in [4.69, 9.17) is 9.47 Å². The van der Waals surface area contributed by atoms with Crippen LogP contribution in [0.15, 0.2) is 108 Å². The van der Waals surface area contributed by atoms with Gasteiger partial charge in [0.05, 0.1) is 24.8 Å². The van der Waals surface area contributed by atoms with Gasteiger partial charge in [0.2, 0.25) is 11.8 Å². The van der Waals surface area contributed by atoms with E-state index >= 15 is 0 Å². The number of carbonyl (C=O) groups excluding carboxylic acids is 2. The molecule has 4 rings (SSSR count). The average molecular weight is 658 g/mol. The van der Waals surface area contributed by atoms with Crippen molar-refractivity contribution >= 4 is 27.5 Å². The molecule has 47 heavy (non-hydrogen) atoms. The van der Waals surface area contributed by atoms with Crippen LogP contribution in [0.1, 0.15) is 37.0 Å². The zero-order valence-corrected chi connectivity index (χ0v) is 28.4. The summed E-state index contributed by atoms with van der Waals surface area (Å²) < 4.78 is 40.7. The lowest BCUT2D eigenvalue weighted by Crippen LogP contribution is -2.54. The molecule has 0 aliphatic rings. The number of aryl methyl sites for hydroxylation is 1. The van der Waals surface area contributed by atoms with Gasteiger partial charge in [-0.3, -0.25) is 13.9 Å². The van der Waals surface area contributed by atoms with Crippen LogP contribution in [-0.2, 0) is 32.6 Å². The van der Waals surface area contributed by atoms with Crippen LogP contribution in [0.2, 0.25) is 0 Å². The molecule has 2 amide bonds. The Hall–Kier alpha value is -4.83. The minimum atomic E-state index is -4.30. The molecule has 248 valence electrons. The Kier molecular flexibility index (Phi) is 12.0. The largest absolute Gasteiger partial charge is 0.497 e. The Morgan fingerprint density at radius 3 is 2.11 bits per heavy atom. The third-order valence-corrected chi connectivity index (χ3v) is 9.75. The van der Waals surface area contributed by atoms with Crippen molar-refractivity contribution in [3.8, 4) is 11.5 Å². The van der Waals surface area contributed by atoms with Crippen molar-refractivity contribution in [2.75, 3.05) is 25.1 Å². The number of ether oxygens (including phenoxy) is 2. The summed E-state index contributed by atoms with van der Waals surface area (Å²) in [7, 11) is -1.40. The Morgan fingerprint density at radius 2 is 1.49 bits per heavy atom. The van der Waals surface area contributed by atoms with Gasteiger partial charge in [-0.25, -0.2) is 8.42 Å². The third-order valence-electron chi connectivity index (χ3n) is 7.97. The number of sulfonamides is 1. The van der Waals surface area contributed by atoms with Gasteiger partial charge in [-0.05, 0) is 55.7 Å². The fourth-order valence-corrected chi connectivity index (χ4v) is 6.66. The molecule has 4 aromatic carbocycles. The molecule has 0 heterocycles. The lowest BCUT2D eigenvalue weighted by molar-refractivity contribution is -0.140. The molecule has 0 fully saturated rings. The molecule has 2 atom stereocenters. The van der Waals surface area contributed by atoms with E-state index < -0.39 is 28.5 Å². The molecule has 10 heteroatoms. The molecular formula is C37H43N3O6S. The van der Waals surface area contributed by atoms with E-state index in [0.29, 0.717) is 12.2 Å². The summed E-state index contributed by atoms with van der Waals surface area (Å²) >= 11 is 0. The molecule has 4 aromatic rings. The van der Waals surface area contributed by atoms with Gasteiger partial charge in [0.1, 0.15) is 24.1 Å². The number of amides is 2. The van der Waals surface area contributed by atoms with Crippen LogP contribution in [0.5, 0.6) is 11.5 Å². The van der Waals surface area contributed by atoms with Gasteiger partial charge in [-0.1, -0.05) is 85.3 Å². The molecule has 2 unspecified atom stereocenters. The SMILES string of the molecule is CCC(C)NC(=O)C(Cc1ccccc1)N(Cc1cccc(C)c1)C(=O)CN(c1cc(OC)ccc1OC)S(=O)(=O)c1ccccc1. The monoisotopic (exact) mass is 657 g/mol. The summed E-state index contributed by atoms with van der Waals surface area (Å²) in [6, 6.07) is 28.8. The van der Waals surface area contributed by atoms with E-state index in [-0.39, 0.29) is 41.2 Å². The van der Waals surface area contributed by atoms with Gasteiger partial charge in [0, 0.05) is 25.1 Å². The Morgan fingerprint density at radius 1 is 0.830 bits per heavy atom. The van der Waals surface area contributed by atoms with Gasteiger partial charge < -0.3 is 19.7 Å². The summed E-state index contributed by atoms with van der Waals surface area (Å²) in [5.74, 6) is -0.261. The van der Waals surface area contributed by atoms with Crippen LogP contribution >= 0.6 is 0 Å². The highest BCUT2D eigenvalue weighted by atomic mass is 32.2. The highest BCUT2D eigenvalue weighted by Gasteiger charge is 2.36. The van der Waals surface area contributed by atoms with Crippen LogP contribution in [0.25, 0.3) is 0 Å². The topological polar surface area (TPSA) is 105 Å². The molecule has 0 spiro atoms. The average Bonchev–Trinajstić information content (AvgIpc) is 3.09. The molecule has 0 aliphatic carbocycles. The Balaban J connectivity index is 1.86. The fourth-order valence-electron chi connectivity index (χ4n) is 5.23. The van der Waals surface area contributed by atoms with Gasteiger partial charge in [0.25, 0.3) is 10.0 Å². The number of anilines is 1. The fraction of sp³-hybridized carbons (Fsp3) is 0.297. The summed E-state index contributed by atoms with van der Waals surface area (Å²) in [5, 5.41) is 3.06. The molecule has 0 aromatic heterocycles. The van der Waals surface area contributed by atoms with Crippen molar-refractivity contribution in [2.45, 2.75) is 57.1 Å². The van der Waals surface area contributed by atoms with Crippen LogP contribution < -0.4 is 19.1 Å². The number of benzene rings is 4. The van der Waals surface area contributed by atoms with E-state index in [1.54, 1.807) is 30.3 Å². The number of carbonyl (C=O) groups is 2. The smallest absolute Gasteiger partial charge is 0.264 e. The number of hydrogen-bond donors (Lipinski definition) is 1. The first-order valence-electron chi connectivity index (χ1n) is 15.6. The zero-order chi connectivity index (χ0) is 34.0. The maximum Gasteiger partial charge on any atom is 0.264 e. The summed E-state index contributed by atoms with van der Waals surface area (Å²) in [6.45, 7) is 5.32. The van der Waals surface area contributed by atoms with Crippen LogP contribution in [0.3, 0.4) is 0 Å². The predicted octanol–water partition coefficient (Wildman–Crippen LogP) is 5.76. The minimum Gasteiger partial charge on any atom is -0.497 e. The van der Waals surface area contributed by atoms with Crippen molar-refractivity contribution in [2.24, 2.45) is 0 Å². The summed E-state index contributed by atoms with van der Waals surface area (Å²) in [6.07, 6.45) is 0.933. The van der Waals surface area contributed by atoms with Crippen molar-refractivity contribution in [3.05, 3.63) is 120 Å². The summed E-state index contributed by atoms with van der Waals surface area (Å²) in [5.41, 5.74) is 2.79. The normalized spacial score (nSPS) is 12.4. The van der Waals surface area contributed by atoms with Gasteiger partial charge in [-0.15, -0.1) is 0 Å². The van der Waals surface area contributed by atoms with E-state index in [0.717, 1.165) is 21.0 Å². The Bertz CT molecular complexity index is 1750. The summed E-state index contributed by atoms with van der Waals surface area (Å²) in [4.78, 5) is 30.2. The molecule has 1 N–H and O–H groups in total. The lowest BCUT2D eigenvalue weighted by Gasteiger charge is -2.34. The third kappa shape index (κ3) is 8.92. The molecular weight excluding hydrogens is 614 g/mol. The number of rotatable bonds is 15. The number of methoxy groups -OCH3 is 2. The van der Waals surface area contributed by atoms with Gasteiger partial charge in [0.15, 0.2) is 0 Å². The van der Waals surface area contributed by atoms with Crippen molar-refractivity contribution in [1.82, 2.24) is 10.2 Å². The molecule has 0 aliphatic heterocycles. The number of nitrogens with one attached hydrogen (secondary N) is 1. The highest BCUT2D eigenvalue weighted by molar-refractivity contribution is 7.92. The lowest BCUT2D eigenvalue weighted by atomic mass is 10.0. The zero-order valence-electron chi connectivity index (χ0n) is 27.6. The van der Waals surface area contributed by atoms with Crippen LogP contribution in [0.4, 0.5) is 5.69 Å². The van der Waals surface area contributed by atoms with Crippen LogP contribution in [0, 0.1) is 6.92 Å². The number of nitrogens with zero attached hydrogens (tertiary/aromatic N) is 2. The van der Waals surface area contributed by atoms with E-state index in [1.165, 1.54) is 37.3 Å². The molecule has 9 nitrogen and oxygen atoms in total. The van der Waals surface area contributed by atoms with Crippen molar-refractivity contribution < 1.29 is 27.5 Å². The van der Waals surface area contributed by atoms with Crippen molar-refractivity contribution in [3.63, 3.8) is 0 Å². The van der Waals surface area contributed by atoms with Crippen LogP contribution in [-0.4, -0.2) is 58.0 Å².